The van der Waals surface area contributed by atoms with E-state index in [1.165, 1.54) is 108 Å². The van der Waals surface area contributed by atoms with E-state index in [1.807, 2.05) is 0 Å². The molecule has 0 aliphatic rings. The molecule has 28 heavy (non-hydrogen) atoms. The fraction of sp³-hybridized carbons (Fsp3) is 0.720. The van der Waals surface area contributed by atoms with Gasteiger partial charge < -0.3 is 4.74 Å². The summed E-state index contributed by atoms with van der Waals surface area (Å²) in [6.45, 7) is 2.97. The minimum Gasteiger partial charge on any atom is -0.494 e. The highest BCUT2D eigenvalue weighted by molar-refractivity contribution is 5.87. The summed E-state index contributed by atoms with van der Waals surface area (Å²) in [5, 5.41) is 10.7. The molecule has 0 heterocycles. The van der Waals surface area contributed by atoms with Crippen molar-refractivity contribution >= 4 is 5.97 Å². The van der Waals surface area contributed by atoms with Gasteiger partial charge in [-0.05, 0) is 30.7 Å². The van der Waals surface area contributed by atoms with Gasteiger partial charge in [-0.3, -0.25) is 0 Å². The van der Waals surface area contributed by atoms with Gasteiger partial charge >= 0.3 is 5.97 Å². The molecule has 0 saturated heterocycles. The molecule has 0 saturated carbocycles. The molecule has 0 bridgehead atoms. The molecule has 3 heteroatoms. The van der Waals surface area contributed by atoms with Crippen LogP contribution in [0, 0.1) is 0 Å². The molecule has 1 aromatic rings. The van der Waals surface area contributed by atoms with Crippen LogP contribution in [0.3, 0.4) is 0 Å². The summed E-state index contributed by atoms with van der Waals surface area (Å²) in [5.74, 6) is -0.421. The molecule has 0 aliphatic carbocycles. The van der Waals surface area contributed by atoms with Crippen LogP contribution in [0.25, 0.3) is 0 Å². The normalized spacial score (nSPS) is 10.9. The SMILES string of the molecule is CCCCCCCCCCCCCCCCCCOc1ccc(C([O])=O)cc1. The second-order valence-electron chi connectivity index (χ2n) is 7.96. The van der Waals surface area contributed by atoms with Crippen LogP contribution in [0.5, 0.6) is 5.75 Å². The van der Waals surface area contributed by atoms with Crippen molar-refractivity contribution < 1.29 is 14.6 Å². The van der Waals surface area contributed by atoms with E-state index in [9.17, 15) is 9.90 Å². The van der Waals surface area contributed by atoms with Gasteiger partial charge in [-0.25, -0.2) is 9.90 Å². The average molecular weight is 390 g/mol. The standard InChI is InChI=1S/C25H41O3/c1-2-3-4-5-6-7-8-9-10-11-12-13-14-15-16-17-22-28-24-20-18-23(19-21-24)25(26)27/h18-21H,2-17,22H2,1H3. The maximum atomic E-state index is 10.7. The van der Waals surface area contributed by atoms with Gasteiger partial charge in [-0.15, -0.1) is 0 Å². The zero-order valence-corrected chi connectivity index (χ0v) is 18.1. The third-order valence-corrected chi connectivity index (χ3v) is 5.36. The van der Waals surface area contributed by atoms with Gasteiger partial charge in [0.2, 0.25) is 0 Å². The van der Waals surface area contributed by atoms with Crippen LogP contribution >= 0.6 is 0 Å². The van der Waals surface area contributed by atoms with E-state index in [4.69, 9.17) is 4.74 Å². The number of rotatable bonds is 19. The largest absolute Gasteiger partial charge is 0.494 e. The maximum Gasteiger partial charge on any atom is 0.386 e. The number of unbranched alkanes of at least 4 members (excludes halogenated alkanes) is 15. The molecule has 1 radical (unpaired) electrons. The Hall–Kier alpha value is -1.51. The molecule has 1 rings (SSSR count). The number of hydrogen-bond acceptors (Lipinski definition) is 2. The van der Waals surface area contributed by atoms with E-state index in [0.29, 0.717) is 6.61 Å². The molecule has 0 atom stereocenters. The number of carbonyl (C=O) groups is 1. The first kappa shape index (κ1) is 24.5. The molecule has 0 aliphatic heterocycles. The highest BCUT2D eigenvalue weighted by Crippen LogP contribution is 2.15. The zero-order chi connectivity index (χ0) is 20.3. The Morgan fingerprint density at radius 3 is 1.43 bits per heavy atom. The van der Waals surface area contributed by atoms with Crippen molar-refractivity contribution in [3.8, 4) is 5.75 Å². The first-order chi connectivity index (χ1) is 13.7. The van der Waals surface area contributed by atoms with Gasteiger partial charge in [0.25, 0.3) is 0 Å². The molecule has 0 spiro atoms. The van der Waals surface area contributed by atoms with E-state index < -0.39 is 5.97 Å². The Morgan fingerprint density at radius 1 is 0.643 bits per heavy atom. The minimum atomic E-state index is -1.15. The number of benzene rings is 1. The lowest BCUT2D eigenvalue weighted by Crippen LogP contribution is -1.98. The van der Waals surface area contributed by atoms with Crippen LogP contribution < -0.4 is 4.74 Å². The fourth-order valence-electron chi connectivity index (χ4n) is 3.53. The molecule has 159 valence electrons. The molecule has 3 nitrogen and oxygen atoms in total. The topological polar surface area (TPSA) is 46.2 Å². The monoisotopic (exact) mass is 389 g/mol. The Bertz CT molecular complexity index is 481. The van der Waals surface area contributed by atoms with Crippen molar-refractivity contribution in [2.45, 2.75) is 110 Å². The molecule has 0 unspecified atom stereocenters. The first-order valence-electron chi connectivity index (χ1n) is 11.7. The second kappa shape index (κ2) is 17.6. The Balaban J connectivity index is 1.79. The second-order valence-corrected chi connectivity index (χ2v) is 7.96. The van der Waals surface area contributed by atoms with Gasteiger partial charge in [0.1, 0.15) is 5.75 Å². The van der Waals surface area contributed by atoms with Crippen molar-refractivity contribution in [1.82, 2.24) is 0 Å². The van der Waals surface area contributed by atoms with Crippen LogP contribution in [0.2, 0.25) is 0 Å². The van der Waals surface area contributed by atoms with Crippen LogP contribution in [-0.2, 0) is 5.11 Å². The summed E-state index contributed by atoms with van der Waals surface area (Å²) in [6.07, 6.45) is 21.8. The number of hydrogen-bond donors (Lipinski definition) is 0. The van der Waals surface area contributed by atoms with Gasteiger partial charge in [0, 0.05) is 0 Å². The lowest BCUT2D eigenvalue weighted by molar-refractivity contribution is 0.0573. The van der Waals surface area contributed by atoms with Gasteiger partial charge in [-0.2, -0.15) is 0 Å². The summed E-state index contributed by atoms with van der Waals surface area (Å²) in [4.78, 5) is 10.7. The van der Waals surface area contributed by atoms with Crippen molar-refractivity contribution in [1.29, 1.82) is 0 Å². The third kappa shape index (κ3) is 13.6. The van der Waals surface area contributed by atoms with Gasteiger partial charge in [0.05, 0.1) is 12.2 Å². The van der Waals surface area contributed by atoms with Crippen molar-refractivity contribution in [3.05, 3.63) is 29.8 Å². The summed E-state index contributed by atoms with van der Waals surface area (Å²) < 4.78 is 5.65. The molecule has 0 amide bonds. The Morgan fingerprint density at radius 2 is 1.04 bits per heavy atom. The van der Waals surface area contributed by atoms with Gasteiger partial charge in [-0.1, -0.05) is 103 Å². The predicted octanol–water partition coefficient (Wildman–Crippen LogP) is 7.90. The van der Waals surface area contributed by atoms with Crippen LogP contribution in [0.4, 0.5) is 0 Å². The highest BCUT2D eigenvalue weighted by atomic mass is 16.5. The van der Waals surface area contributed by atoms with E-state index in [-0.39, 0.29) is 5.56 Å². The minimum absolute atomic E-state index is 0.190. The Kier molecular flexibility index (Phi) is 15.4. The van der Waals surface area contributed by atoms with E-state index in [1.54, 1.807) is 12.1 Å². The van der Waals surface area contributed by atoms with Crippen LogP contribution in [-0.4, -0.2) is 12.6 Å². The van der Waals surface area contributed by atoms with Crippen molar-refractivity contribution in [2.75, 3.05) is 6.61 Å². The number of ether oxygens (including phenoxy) is 1. The molecular formula is C25H41O3. The van der Waals surface area contributed by atoms with Gasteiger partial charge in [0.15, 0.2) is 0 Å². The quantitative estimate of drug-likeness (QED) is 0.226. The van der Waals surface area contributed by atoms with Crippen molar-refractivity contribution in [2.24, 2.45) is 0 Å². The summed E-state index contributed by atoms with van der Waals surface area (Å²) in [7, 11) is 0. The smallest absolute Gasteiger partial charge is 0.386 e. The lowest BCUT2D eigenvalue weighted by Gasteiger charge is -2.06. The Labute approximate surface area is 172 Å². The van der Waals surface area contributed by atoms with E-state index >= 15 is 0 Å². The first-order valence-corrected chi connectivity index (χ1v) is 11.7. The summed E-state index contributed by atoms with van der Waals surface area (Å²) in [5.41, 5.74) is 0.190. The predicted molar refractivity (Wildman–Crippen MR) is 117 cm³/mol. The molecule has 0 N–H and O–H groups in total. The summed E-state index contributed by atoms with van der Waals surface area (Å²) >= 11 is 0. The average Bonchev–Trinajstić information content (AvgIpc) is 2.70. The van der Waals surface area contributed by atoms with Crippen LogP contribution in [0.15, 0.2) is 24.3 Å². The molecule has 1 aromatic carbocycles. The van der Waals surface area contributed by atoms with Crippen molar-refractivity contribution in [3.63, 3.8) is 0 Å². The molecule has 0 fully saturated rings. The van der Waals surface area contributed by atoms with Crippen LogP contribution in [0.1, 0.15) is 120 Å². The molecular weight excluding hydrogens is 348 g/mol. The maximum absolute atomic E-state index is 10.7. The zero-order valence-electron chi connectivity index (χ0n) is 18.1. The van der Waals surface area contributed by atoms with E-state index in [0.717, 1.165) is 12.2 Å². The molecule has 0 aromatic heterocycles. The number of carbonyl (C=O) groups excluding carboxylic acids is 1. The lowest BCUT2D eigenvalue weighted by atomic mass is 10.0. The third-order valence-electron chi connectivity index (χ3n) is 5.36. The fourth-order valence-corrected chi connectivity index (χ4v) is 3.53. The highest BCUT2D eigenvalue weighted by Gasteiger charge is 2.04. The van der Waals surface area contributed by atoms with E-state index in [2.05, 4.69) is 6.92 Å². The summed E-state index contributed by atoms with van der Waals surface area (Å²) in [6, 6.07) is 6.44.